The van der Waals surface area contributed by atoms with Crippen molar-refractivity contribution in [3.05, 3.63) is 54.4 Å². The lowest BCUT2D eigenvalue weighted by atomic mass is 10.2. The molecule has 0 aliphatic heterocycles. The highest BCUT2D eigenvalue weighted by Gasteiger charge is 2.12. The van der Waals surface area contributed by atoms with Gasteiger partial charge in [-0.1, -0.05) is 6.07 Å². The molecule has 3 aromatic rings. The van der Waals surface area contributed by atoms with Gasteiger partial charge in [-0.25, -0.2) is 9.78 Å². The molecule has 0 saturated carbocycles. The molecule has 7 nitrogen and oxygen atoms in total. The predicted octanol–water partition coefficient (Wildman–Crippen LogP) is 2.37. The molecule has 0 unspecified atom stereocenters. The molecule has 0 atom stereocenters. The number of anilines is 1. The fourth-order valence-electron chi connectivity index (χ4n) is 2.17. The number of nitrogens with zero attached hydrogens (tertiary/aromatic N) is 1. The zero-order valence-corrected chi connectivity index (χ0v) is 12.9. The van der Waals surface area contributed by atoms with Crippen LogP contribution in [0.3, 0.4) is 0 Å². The molecule has 3 rings (SSSR count). The molecule has 0 fully saturated rings. The third kappa shape index (κ3) is 3.52. The average Bonchev–Trinajstić information content (AvgIpc) is 3.07. The molecule has 0 bridgehead atoms. The Balaban J connectivity index is 1.57. The molecule has 0 aliphatic carbocycles. The number of carbonyl (C=O) groups is 2. The van der Waals surface area contributed by atoms with Crippen molar-refractivity contribution in [1.29, 1.82) is 0 Å². The Bertz CT molecular complexity index is 888. The lowest BCUT2D eigenvalue weighted by Crippen LogP contribution is -2.20. The first-order valence-electron chi connectivity index (χ1n) is 7.20. The van der Waals surface area contributed by atoms with Gasteiger partial charge in [-0.05, 0) is 30.3 Å². The maximum atomic E-state index is 12.0. The van der Waals surface area contributed by atoms with Crippen molar-refractivity contribution in [2.45, 2.75) is 0 Å². The summed E-state index contributed by atoms with van der Waals surface area (Å²) in [6.45, 7) is -0.378. The maximum Gasteiger partial charge on any atom is 0.338 e. The van der Waals surface area contributed by atoms with Crippen LogP contribution in [0.1, 0.15) is 10.4 Å². The van der Waals surface area contributed by atoms with E-state index in [1.807, 2.05) is 0 Å². The maximum absolute atomic E-state index is 12.0. The summed E-state index contributed by atoms with van der Waals surface area (Å²) >= 11 is 0. The number of esters is 1. The second-order valence-corrected chi connectivity index (χ2v) is 4.99. The van der Waals surface area contributed by atoms with Crippen LogP contribution in [0.5, 0.6) is 5.75 Å². The molecule has 1 amide bonds. The van der Waals surface area contributed by atoms with E-state index in [1.165, 1.54) is 0 Å². The van der Waals surface area contributed by atoms with Crippen LogP contribution in [0, 0.1) is 0 Å². The first kappa shape index (κ1) is 15.5. The summed E-state index contributed by atoms with van der Waals surface area (Å²) in [6, 6.07) is 11.8. The second kappa shape index (κ2) is 6.82. The van der Waals surface area contributed by atoms with Crippen molar-refractivity contribution >= 4 is 28.6 Å². The van der Waals surface area contributed by atoms with Crippen molar-refractivity contribution < 1.29 is 19.1 Å². The van der Waals surface area contributed by atoms with E-state index in [1.54, 1.807) is 55.9 Å². The van der Waals surface area contributed by atoms with Crippen LogP contribution in [-0.2, 0) is 9.53 Å². The molecule has 1 aromatic heterocycles. The van der Waals surface area contributed by atoms with Crippen molar-refractivity contribution in [2.24, 2.45) is 0 Å². The highest BCUT2D eigenvalue weighted by Crippen LogP contribution is 2.16. The van der Waals surface area contributed by atoms with Crippen LogP contribution >= 0.6 is 0 Å². The van der Waals surface area contributed by atoms with E-state index in [4.69, 9.17) is 9.47 Å². The standard InChI is InChI=1S/C17H15N3O4/c1-23-13-4-2-3-12(8-13)20-16(21)9-24-17(22)11-5-6-14-15(7-11)19-10-18-14/h2-8,10H,9H2,1H3,(H,18,19)(H,20,21). The Labute approximate surface area is 137 Å². The quantitative estimate of drug-likeness (QED) is 0.702. The number of ether oxygens (including phenoxy) is 2. The summed E-state index contributed by atoms with van der Waals surface area (Å²) in [7, 11) is 1.54. The number of hydrogen-bond donors (Lipinski definition) is 2. The molecule has 0 saturated heterocycles. The van der Waals surface area contributed by atoms with Gasteiger partial charge in [0, 0.05) is 11.8 Å². The predicted molar refractivity (Wildman–Crippen MR) is 88.0 cm³/mol. The van der Waals surface area contributed by atoms with Crippen molar-refractivity contribution in [1.82, 2.24) is 9.97 Å². The van der Waals surface area contributed by atoms with Gasteiger partial charge in [0.1, 0.15) is 5.75 Å². The van der Waals surface area contributed by atoms with Gasteiger partial charge < -0.3 is 19.8 Å². The number of aromatic amines is 1. The van der Waals surface area contributed by atoms with Gasteiger partial charge in [0.2, 0.25) is 0 Å². The third-order valence-corrected chi connectivity index (χ3v) is 3.34. The highest BCUT2D eigenvalue weighted by atomic mass is 16.5. The van der Waals surface area contributed by atoms with Crippen LogP contribution in [0.2, 0.25) is 0 Å². The summed E-state index contributed by atoms with van der Waals surface area (Å²) in [5.74, 6) is -0.385. The van der Waals surface area contributed by atoms with Crippen LogP contribution in [0.15, 0.2) is 48.8 Å². The normalized spacial score (nSPS) is 10.4. The molecule has 0 radical (unpaired) electrons. The average molecular weight is 325 g/mol. The molecule has 2 N–H and O–H groups in total. The largest absolute Gasteiger partial charge is 0.497 e. The summed E-state index contributed by atoms with van der Waals surface area (Å²) < 4.78 is 10.1. The minimum absolute atomic E-state index is 0.348. The third-order valence-electron chi connectivity index (χ3n) is 3.34. The Kier molecular flexibility index (Phi) is 4.42. The number of methoxy groups -OCH3 is 1. The van der Waals surface area contributed by atoms with Crippen molar-refractivity contribution in [2.75, 3.05) is 19.0 Å². The molecule has 0 aliphatic rings. The van der Waals surface area contributed by atoms with E-state index in [0.29, 0.717) is 17.0 Å². The van der Waals surface area contributed by atoms with Gasteiger partial charge >= 0.3 is 5.97 Å². The fourth-order valence-corrected chi connectivity index (χ4v) is 2.17. The first-order chi connectivity index (χ1) is 11.7. The number of rotatable bonds is 5. The topological polar surface area (TPSA) is 93.3 Å². The lowest BCUT2D eigenvalue weighted by molar-refractivity contribution is -0.119. The Hall–Kier alpha value is -3.35. The summed E-state index contributed by atoms with van der Waals surface area (Å²) in [6.07, 6.45) is 1.54. The van der Waals surface area contributed by atoms with E-state index < -0.39 is 11.9 Å². The molecule has 24 heavy (non-hydrogen) atoms. The molecular formula is C17H15N3O4. The monoisotopic (exact) mass is 325 g/mol. The van der Waals surface area contributed by atoms with Crippen LogP contribution < -0.4 is 10.1 Å². The number of amides is 1. The van der Waals surface area contributed by atoms with E-state index in [9.17, 15) is 9.59 Å². The van der Waals surface area contributed by atoms with Crippen molar-refractivity contribution in [3.8, 4) is 5.75 Å². The fraction of sp³-hybridized carbons (Fsp3) is 0.118. The number of hydrogen-bond acceptors (Lipinski definition) is 5. The highest BCUT2D eigenvalue weighted by molar-refractivity contribution is 5.97. The number of H-pyrrole nitrogens is 1. The number of fused-ring (bicyclic) bond motifs is 1. The van der Waals surface area contributed by atoms with Crippen molar-refractivity contribution in [3.63, 3.8) is 0 Å². The van der Waals surface area contributed by atoms with Crippen LogP contribution in [0.25, 0.3) is 11.0 Å². The van der Waals surface area contributed by atoms with Gasteiger partial charge in [-0.15, -0.1) is 0 Å². The minimum atomic E-state index is -0.577. The molecular weight excluding hydrogens is 310 g/mol. The minimum Gasteiger partial charge on any atom is -0.497 e. The van der Waals surface area contributed by atoms with Gasteiger partial charge in [0.05, 0.1) is 30.0 Å². The zero-order valence-electron chi connectivity index (χ0n) is 12.9. The van der Waals surface area contributed by atoms with E-state index >= 15 is 0 Å². The van der Waals surface area contributed by atoms with Gasteiger partial charge in [0.15, 0.2) is 6.61 Å². The lowest BCUT2D eigenvalue weighted by Gasteiger charge is -2.08. The van der Waals surface area contributed by atoms with Gasteiger partial charge in [0.25, 0.3) is 5.91 Å². The van der Waals surface area contributed by atoms with Crippen LogP contribution in [-0.4, -0.2) is 35.6 Å². The number of benzene rings is 2. The van der Waals surface area contributed by atoms with Crippen LogP contribution in [0.4, 0.5) is 5.69 Å². The molecule has 122 valence electrons. The number of imidazole rings is 1. The number of aromatic nitrogens is 2. The smallest absolute Gasteiger partial charge is 0.338 e. The number of nitrogens with one attached hydrogen (secondary N) is 2. The summed E-state index contributed by atoms with van der Waals surface area (Å²) in [4.78, 5) is 30.9. The Morgan fingerprint density at radius 1 is 1.21 bits per heavy atom. The molecule has 7 heteroatoms. The Morgan fingerprint density at radius 3 is 2.92 bits per heavy atom. The van der Waals surface area contributed by atoms with E-state index in [-0.39, 0.29) is 6.61 Å². The van der Waals surface area contributed by atoms with E-state index in [2.05, 4.69) is 15.3 Å². The summed E-state index contributed by atoms with van der Waals surface area (Å²) in [5, 5.41) is 2.64. The summed E-state index contributed by atoms with van der Waals surface area (Å²) in [5.41, 5.74) is 2.39. The Morgan fingerprint density at radius 2 is 2.08 bits per heavy atom. The van der Waals surface area contributed by atoms with Gasteiger partial charge in [-0.3, -0.25) is 4.79 Å². The van der Waals surface area contributed by atoms with Gasteiger partial charge in [-0.2, -0.15) is 0 Å². The SMILES string of the molecule is COc1cccc(NC(=O)COC(=O)c2ccc3nc[nH]c3c2)c1. The number of carbonyl (C=O) groups excluding carboxylic acids is 2. The second-order valence-electron chi connectivity index (χ2n) is 4.99. The molecule has 2 aromatic carbocycles. The zero-order chi connectivity index (χ0) is 16.9. The molecule has 1 heterocycles. The van der Waals surface area contributed by atoms with E-state index in [0.717, 1.165) is 11.0 Å². The molecule has 0 spiro atoms. The first-order valence-corrected chi connectivity index (χ1v) is 7.20.